The zero-order chi connectivity index (χ0) is 13.7. The van der Waals surface area contributed by atoms with Gasteiger partial charge in [0.1, 0.15) is 6.04 Å². The molecule has 0 saturated carbocycles. The van der Waals surface area contributed by atoms with E-state index >= 15 is 0 Å². The number of rotatable bonds is 6. The molecular formula is C14H20N2O3. The van der Waals surface area contributed by atoms with Gasteiger partial charge in [-0.25, -0.2) is 0 Å². The largest absolute Gasteiger partial charge is 0.395 e. The molecule has 0 spiro atoms. The molecule has 0 bridgehead atoms. The van der Waals surface area contributed by atoms with Crippen molar-refractivity contribution in [1.29, 1.82) is 0 Å². The van der Waals surface area contributed by atoms with Crippen molar-refractivity contribution in [2.75, 3.05) is 38.7 Å². The zero-order valence-corrected chi connectivity index (χ0v) is 11.1. The van der Waals surface area contributed by atoms with E-state index < -0.39 is 0 Å². The lowest BCUT2D eigenvalue weighted by Crippen LogP contribution is -2.44. The Morgan fingerprint density at radius 2 is 2.26 bits per heavy atom. The van der Waals surface area contributed by atoms with Crippen LogP contribution in [0.2, 0.25) is 0 Å². The summed E-state index contributed by atoms with van der Waals surface area (Å²) >= 11 is 0. The molecule has 5 heteroatoms. The molecule has 19 heavy (non-hydrogen) atoms. The van der Waals surface area contributed by atoms with Crippen LogP contribution in [0.3, 0.4) is 0 Å². The Hall–Kier alpha value is -1.59. The number of amides is 1. The number of methoxy groups -OCH3 is 1. The first-order chi connectivity index (χ1) is 9.26. The minimum absolute atomic E-state index is 0.0160. The van der Waals surface area contributed by atoms with E-state index in [4.69, 9.17) is 9.84 Å². The summed E-state index contributed by atoms with van der Waals surface area (Å²) in [4.78, 5) is 14.1. The average molecular weight is 264 g/mol. The van der Waals surface area contributed by atoms with Crippen molar-refractivity contribution < 1.29 is 14.6 Å². The fourth-order valence-corrected chi connectivity index (χ4v) is 2.32. The molecule has 1 aromatic rings. The zero-order valence-electron chi connectivity index (χ0n) is 11.1. The molecule has 0 saturated heterocycles. The number of para-hydroxylation sites is 1. The molecule has 1 aromatic carbocycles. The van der Waals surface area contributed by atoms with Gasteiger partial charge in [-0.3, -0.25) is 4.79 Å². The number of ether oxygens (including phenoxy) is 1. The van der Waals surface area contributed by atoms with Crippen LogP contribution in [-0.4, -0.2) is 55.4 Å². The molecule has 2 rings (SSSR count). The smallest absolute Gasteiger partial charge is 0.245 e. The van der Waals surface area contributed by atoms with Crippen LogP contribution in [0, 0.1) is 0 Å². The number of hydrogen-bond acceptors (Lipinski definition) is 4. The highest BCUT2D eigenvalue weighted by molar-refractivity contribution is 5.87. The van der Waals surface area contributed by atoms with Gasteiger partial charge in [-0.2, -0.15) is 0 Å². The van der Waals surface area contributed by atoms with E-state index in [1.54, 1.807) is 12.0 Å². The Labute approximate surface area is 113 Å². The first-order valence-electron chi connectivity index (χ1n) is 6.49. The van der Waals surface area contributed by atoms with Gasteiger partial charge in [0.15, 0.2) is 0 Å². The van der Waals surface area contributed by atoms with Crippen molar-refractivity contribution in [1.82, 2.24) is 4.90 Å². The molecule has 0 radical (unpaired) electrons. The Morgan fingerprint density at radius 1 is 1.47 bits per heavy atom. The van der Waals surface area contributed by atoms with Crippen molar-refractivity contribution in [2.24, 2.45) is 0 Å². The maximum absolute atomic E-state index is 12.4. The monoisotopic (exact) mass is 264 g/mol. The third-order valence-electron chi connectivity index (χ3n) is 3.32. The van der Waals surface area contributed by atoms with Crippen LogP contribution in [0.15, 0.2) is 24.3 Å². The fourth-order valence-electron chi connectivity index (χ4n) is 2.32. The van der Waals surface area contributed by atoms with Crippen molar-refractivity contribution in [3.8, 4) is 0 Å². The summed E-state index contributed by atoms with van der Waals surface area (Å²) in [6.07, 6.45) is 0.698. The molecule has 2 N–H and O–H groups in total. The van der Waals surface area contributed by atoms with Gasteiger partial charge in [0.05, 0.1) is 13.2 Å². The fraction of sp³-hybridized carbons (Fsp3) is 0.500. The number of benzene rings is 1. The number of carbonyl (C=O) groups is 1. The summed E-state index contributed by atoms with van der Waals surface area (Å²) < 4.78 is 5.00. The molecule has 0 unspecified atom stereocenters. The lowest BCUT2D eigenvalue weighted by molar-refractivity contribution is -0.133. The maximum Gasteiger partial charge on any atom is 0.245 e. The van der Waals surface area contributed by atoms with Gasteiger partial charge in [-0.05, 0) is 11.6 Å². The number of fused-ring (bicyclic) bond motifs is 1. The normalized spacial score (nSPS) is 16.8. The number of aliphatic hydroxyl groups is 1. The quantitative estimate of drug-likeness (QED) is 0.785. The van der Waals surface area contributed by atoms with Gasteiger partial charge in [0, 0.05) is 32.3 Å². The molecule has 1 amide bonds. The first kappa shape index (κ1) is 13.8. The van der Waals surface area contributed by atoms with E-state index in [1.165, 1.54) is 0 Å². The summed E-state index contributed by atoms with van der Waals surface area (Å²) in [6.45, 7) is 1.29. The minimum atomic E-state index is -0.235. The molecule has 0 aliphatic carbocycles. The predicted molar refractivity (Wildman–Crippen MR) is 73.1 cm³/mol. The number of nitrogens with one attached hydrogen (secondary N) is 1. The molecule has 1 heterocycles. The second-order valence-electron chi connectivity index (χ2n) is 4.60. The summed E-state index contributed by atoms with van der Waals surface area (Å²) in [5.41, 5.74) is 2.19. The number of aliphatic hydroxyl groups excluding tert-OH is 1. The Kier molecular flexibility index (Phi) is 4.76. The highest BCUT2D eigenvalue weighted by atomic mass is 16.5. The summed E-state index contributed by atoms with van der Waals surface area (Å²) in [5.74, 6) is 0.0160. The predicted octanol–water partition coefficient (Wildman–Crippen LogP) is 0.491. The molecule has 5 nitrogen and oxygen atoms in total. The van der Waals surface area contributed by atoms with Crippen LogP contribution in [0.25, 0.3) is 0 Å². The van der Waals surface area contributed by atoms with Gasteiger partial charge in [-0.15, -0.1) is 0 Å². The summed E-state index contributed by atoms with van der Waals surface area (Å²) in [6, 6.07) is 7.70. The number of nitrogens with zero attached hydrogens (tertiary/aromatic N) is 1. The van der Waals surface area contributed by atoms with Crippen LogP contribution in [0.1, 0.15) is 5.56 Å². The van der Waals surface area contributed by atoms with Gasteiger partial charge in [-0.1, -0.05) is 18.2 Å². The SMILES string of the molecule is COCCN(CCO)C(=O)[C@@H]1Cc2ccccc2N1. The van der Waals surface area contributed by atoms with Gasteiger partial charge < -0.3 is 20.1 Å². The van der Waals surface area contributed by atoms with Gasteiger partial charge in [0.25, 0.3) is 0 Å². The minimum Gasteiger partial charge on any atom is -0.395 e. The Balaban J connectivity index is 1.99. The molecule has 0 fully saturated rings. The van der Waals surface area contributed by atoms with E-state index in [9.17, 15) is 4.79 Å². The molecule has 1 aliphatic heterocycles. The van der Waals surface area contributed by atoms with Gasteiger partial charge >= 0.3 is 0 Å². The van der Waals surface area contributed by atoms with Crippen LogP contribution in [0.4, 0.5) is 5.69 Å². The van der Waals surface area contributed by atoms with Crippen LogP contribution < -0.4 is 5.32 Å². The van der Waals surface area contributed by atoms with Crippen LogP contribution in [-0.2, 0) is 16.0 Å². The summed E-state index contributed by atoms with van der Waals surface area (Å²) in [5, 5.41) is 12.3. The van der Waals surface area contributed by atoms with Gasteiger partial charge in [0.2, 0.25) is 5.91 Å². The van der Waals surface area contributed by atoms with Crippen molar-refractivity contribution in [2.45, 2.75) is 12.5 Å². The van der Waals surface area contributed by atoms with E-state index in [1.807, 2.05) is 24.3 Å². The highest BCUT2D eigenvalue weighted by Crippen LogP contribution is 2.25. The third kappa shape index (κ3) is 3.24. The number of anilines is 1. The Morgan fingerprint density at radius 3 is 2.95 bits per heavy atom. The molecule has 104 valence electrons. The highest BCUT2D eigenvalue weighted by Gasteiger charge is 2.29. The maximum atomic E-state index is 12.4. The number of carbonyl (C=O) groups excluding carboxylic acids is 1. The second-order valence-corrected chi connectivity index (χ2v) is 4.60. The molecular weight excluding hydrogens is 244 g/mol. The van der Waals surface area contributed by atoms with Crippen molar-refractivity contribution in [3.63, 3.8) is 0 Å². The third-order valence-corrected chi connectivity index (χ3v) is 3.32. The topological polar surface area (TPSA) is 61.8 Å². The average Bonchev–Trinajstić information content (AvgIpc) is 2.86. The van der Waals surface area contributed by atoms with Crippen molar-refractivity contribution in [3.05, 3.63) is 29.8 Å². The van der Waals surface area contributed by atoms with E-state index in [2.05, 4.69) is 5.32 Å². The lowest BCUT2D eigenvalue weighted by Gasteiger charge is -2.24. The van der Waals surface area contributed by atoms with Crippen molar-refractivity contribution >= 4 is 11.6 Å². The second kappa shape index (κ2) is 6.54. The van der Waals surface area contributed by atoms with Crippen LogP contribution in [0.5, 0.6) is 0 Å². The van der Waals surface area contributed by atoms with E-state index in [0.29, 0.717) is 26.1 Å². The molecule has 0 aromatic heterocycles. The number of hydrogen-bond donors (Lipinski definition) is 2. The van der Waals surface area contributed by atoms with E-state index in [0.717, 1.165) is 11.3 Å². The summed E-state index contributed by atoms with van der Waals surface area (Å²) in [7, 11) is 1.60. The lowest BCUT2D eigenvalue weighted by atomic mass is 10.1. The first-order valence-corrected chi connectivity index (χ1v) is 6.49. The van der Waals surface area contributed by atoms with E-state index in [-0.39, 0.29) is 18.6 Å². The molecule has 1 aliphatic rings. The Bertz CT molecular complexity index is 411. The standard InChI is InChI=1S/C14H20N2O3/c1-19-9-7-16(6-8-17)14(18)13-10-11-4-2-3-5-12(11)15-13/h2-5,13,15,17H,6-10H2,1H3/t13-/m0/s1. The molecule has 1 atom stereocenters. The van der Waals surface area contributed by atoms with Crippen LogP contribution >= 0.6 is 0 Å².